The van der Waals surface area contributed by atoms with Gasteiger partial charge in [0.2, 0.25) is 5.91 Å². The van der Waals surface area contributed by atoms with E-state index in [0.717, 1.165) is 30.9 Å². The maximum Gasteiger partial charge on any atom is 0.224 e. The average Bonchev–Trinajstić information content (AvgIpc) is 2.74. The maximum absolute atomic E-state index is 12.8. The highest BCUT2D eigenvalue weighted by molar-refractivity contribution is 6.11. The normalized spacial score (nSPS) is 16.8. The number of nitrogens with zero attached hydrogens (tertiary/aromatic N) is 1. The van der Waals surface area contributed by atoms with Crippen LogP contribution in [-0.4, -0.2) is 47.9 Å². The third-order valence-corrected chi connectivity index (χ3v) is 5.60. The molecule has 1 amide bonds. The van der Waals surface area contributed by atoms with Crippen molar-refractivity contribution in [3.05, 3.63) is 53.1 Å². The molecule has 0 aromatic heterocycles. The minimum Gasteiger partial charge on any atom is -0.507 e. The van der Waals surface area contributed by atoms with E-state index < -0.39 is 0 Å². The molecule has 29 heavy (non-hydrogen) atoms. The molecule has 1 saturated heterocycles. The molecule has 0 spiro atoms. The van der Waals surface area contributed by atoms with Crippen molar-refractivity contribution in [1.82, 2.24) is 4.90 Å². The van der Waals surface area contributed by atoms with Crippen LogP contribution in [0.1, 0.15) is 47.2 Å². The number of fused-ring (bicyclic) bond motifs is 1. The molecule has 0 aliphatic carbocycles. The Morgan fingerprint density at radius 1 is 1.07 bits per heavy atom. The van der Waals surface area contributed by atoms with E-state index >= 15 is 0 Å². The minimum atomic E-state index is -0.287. The number of rotatable bonds is 6. The van der Waals surface area contributed by atoms with Gasteiger partial charge in [-0.25, -0.2) is 0 Å². The molecule has 0 bridgehead atoms. The summed E-state index contributed by atoms with van der Waals surface area (Å²) >= 11 is 0. The van der Waals surface area contributed by atoms with E-state index in [2.05, 4.69) is 10.2 Å². The summed E-state index contributed by atoms with van der Waals surface area (Å²) in [4.78, 5) is 26.9. The quantitative estimate of drug-likeness (QED) is 0.580. The third kappa shape index (κ3) is 4.59. The summed E-state index contributed by atoms with van der Waals surface area (Å²) < 4.78 is 5.81. The van der Waals surface area contributed by atoms with Gasteiger partial charge in [-0.1, -0.05) is 6.42 Å². The summed E-state index contributed by atoms with van der Waals surface area (Å²) in [6.07, 6.45) is 4.79. The van der Waals surface area contributed by atoms with Crippen molar-refractivity contribution in [3.8, 4) is 11.5 Å². The number of piperidine rings is 1. The molecule has 2 aliphatic heterocycles. The Balaban J connectivity index is 1.40. The van der Waals surface area contributed by atoms with Gasteiger partial charge in [-0.15, -0.1) is 0 Å². The first kappa shape index (κ1) is 19.5. The topological polar surface area (TPSA) is 78.9 Å². The molecule has 4 rings (SSSR count). The number of hydrogen-bond donors (Lipinski definition) is 2. The van der Waals surface area contributed by atoms with Gasteiger partial charge in [0, 0.05) is 24.2 Å². The van der Waals surface area contributed by atoms with Crippen LogP contribution in [0.2, 0.25) is 0 Å². The fourth-order valence-electron chi connectivity index (χ4n) is 3.93. The second-order valence-corrected chi connectivity index (χ2v) is 7.68. The zero-order valence-corrected chi connectivity index (χ0v) is 16.4. The lowest BCUT2D eigenvalue weighted by Gasteiger charge is -2.26. The third-order valence-electron chi connectivity index (χ3n) is 5.60. The average molecular weight is 394 g/mol. The van der Waals surface area contributed by atoms with E-state index in [1.165, 1.54) is 19.3 Å². The fraction of sp³-hybridized carbons (Fsp3) is 0.391. The highest BCUT2D eigenvalue weighted by Gasteiger charge is 2.21. The molecule has 2 aromatic carbocycles. The fourth-order valence-corrected chi connectivity index (χ4v) is 3.93. The van der Waals surface area contributed by atoms with Gasteiger partial charge in [-0.05, 0) is 74.3 Å². The van der Waals surface area contributed by atoms with Crippen LogP contribution in [0.4, 0.5) is 5.69 Å². The molecule has 152 valence electrons. The van der Waals surface area contributed by atoms with E-state index in [0.29, 0.717) is 30.7 Å². The molecular formula is C23H26N2O4. The van der Waals surface area contributed by atoms with Crippen molar-refractivity contribution in [2.24, 2.45) is 0 Å². The van der Waals surface area contributed by atoms with E-state index in [1.807, 2.05) is 0 Å². The Bertz CT molecular complexity index is 902. The molecule has 0 radical (unpaired) electrons. The number of benzene rings is 2. The number of ether oxygens (including phenoxy) is 1. The van der Waals surface area contributed by atoms with E-state index in [9.17, 15) is 14.7 Å². The number of ketones is 1. The highest BCUT2D eigenvalue weighted by atomic mass is 16.5. The van der Waals surface area contributed by atoms with Crippen LogP contribution < -0.4 is 10.1 Å². The number of phenols is 1. The summed E-state index contributed by atoms with van der Waals surface area (Å²) in [5.74, 6) is 0.296. The summed E-state index contributed by atoms with van der Waals surface area (Å²) in [5.41, 5.74) is 2.09. The number of anilines is 1. The van der Waals surface area contributed by atoms with Crippen molar-refractivity contribution in [3.63, 3.8) is 0 Å². The van der Waals surface area contributed by atoms with Crippen molar-refractivity contribution in [2.45, 2.75) is 32.1 Å². The van der Waals surface area contributed by atoms with Crippen molar-refractivity contribution >= 4 is 17.4 Å². The number of carbonyl (C=O) groups is 2. The first-order valence-electron chi connectivity index (χ1n) is 10.3. The molecule has 2 heterocycles. The first-order valence-corrected chi connectivity index (χ1v) is 10.3. The molecule has 0 saturated carbocycles. The van der Waals surface area contributed by atoms with Crippen LogP contribution in [-0.2, 0) is 11.2 Å². The molecule has 2 aliphatic rings. The number of aryl methyl sites for hydroxylation is 1. The minimum absolute atomic E-state index is 0.0632. The Hall–Kier alpha value is -2.86. The largest absolute Gasteiger partial charge is 0.507 e. The monoisotopic (exact) mass is 394 g/mol. The number of phenolic OH excluding ortho intramolecular Hbond substituents is 1. The van der Waals surface area contributed by atoms with Gasteiger partial charge in [-0.3, -0.25) is 14.5 Å². The predicted octanol–water partition coefficient (Wildman–Crippen LogP) is 3.37. The Morgan fingerprint density at radius 2 is 1.83 bits per heavy atom. The lowest BCUT2D eigenvalue weighted by Crippen LogP contribution is -2.33. The molecule has 0 unspecified atom stereocenters. The highest BCUT2D eigenvalue weighted by Crippen LogP contribution is 2.31. The lowest BCUT2D eigenvalue weighted by atomic mass is 9.96. The number of carbonyl (C=O) groups excluding carboxylic acids is 2. The molecule has 2 N–H and O–H groups in total. The second-order valence-electron chi connectivity index (χ2n) is 7.68. The summed E-state index contributed by atoms with van der Waals surface area (Å²) in [7, 11) is 0. The number of amides is 1. The summed E-state index contributed by atoms with van der Waals surface area (Å²) in [5, 5.41) is 13.1. The van der Waals surface area contributed by atoms with Gasteiger partial charge >= 0.3 is 0 Å². The van der Waals surface area contributed by atoms with Gasteiger partial charge in [0.1, 0.15) is 18.1 Å². The van der Waals surface area contributed by atoms with Crippen molar-refractivity contribution in [1.29, 1.82) is 0 Å². The lowest BCUT2D eigenvalue weighted by molar-refractivity contribution is -0.116. The van der Waals surface area contributed by atoms with E-state index in [4.69, 9.17) is 4.74 Å². The zero-order valence-electron chi connectivity index (χ0n) is 16.4. The van der Waals surface area contributed by atoms with Crippen LogP contribution in [0.25, 0.3) is 0 Å². The smallest absolute Gasteiger partial charge is 0.224 e. The standard InChI is InChI=1S/C23H26N2O4/c26-21-14-17-6-9-22(27)24-20(17)15-19(21)23(28)16-4-7-18(8-5-16)29-13-12-25-10-2-1-3-11-25/h4-5,7-8,14-15,26H,1-3,6,9-13H2,(H,24,27). The predicted molar refractivity (Wildman–Crippen MR) is 111 cm³/mol. The van der Waals surface area contributed by atoms with Crippen LogP contribution in [0.3, 0.4) is 0 Å². The molecule has 0 atom stereocenters. The van der Waals surface area contributed by atoms with Crippen LogP contribution in [0.15, 0.2) is 36.4 Å². The SMILES string of the molecule is O=C1CCc2cc(O)c(C(=O)c3ccc(OCCN4CCCCC4)cc3)cc2N1. The molecule has 2 aromatic rings. The van der Waals surface area contributed by atoms with Gasteiger partial charge in [0.05, 0.1) is 5.56 Å². The molecule has 6 heteroatoms. The number of aromatic hydroxyl groups is 1. The Morgan fingerprint density at radius 3 is 2.59 bits per heavy atom. The Kier molecular flexibility index (Phi) is 5.81. The zero-order chi connectivity index (χ0) is 20.2. The van der Waals surface area contributed by atoms with Crippen LogP contribution in [0.5, 0.6) is 11.5 Å². The summed E-state index contributed by atoms with van der Waals surface area (Å²) in [6.45, 7) is 3.82. The van der Waals surface area contributed by atoms with E-state index in [1.54, 1.807) is 36.4 Å². The van der Waals surface area contributed by atoms with E-state index in [-0.39, 0.29) is 23.0 Å². The van der Waals surface area contributed by atoms with Crippen LogP contribution >= 0.6 is 0 Å². The van der Waals surface area contributed by atoms with Crippen LogP contribution in [0, 0.1) is 0 Å². The number of nitrogens with one attached hydrogen (secondary N) is 1. The molecule has 6 nitrogen and oxygen atoms in total. The van der Waals surface area contributed by atoms with Gasteiger partial charge in [0.25, 0.3) is 0 Å². The molecule has 1 fully saturated rings. The van der Waals surface area contributed by atoms with Gasteiger partial charge in [0.15, 0.2) is 5.78 Å². The summed E-state index contributed by atoms with van der Waals surface area (Å²) in [6, 6.07) is 10.1. The van der Waals surface area contributed by atoms with Gasteiger partial charge < -0.3 is 15.2 Å². The number of hydrogen-bond acceptors (Lipinski definition) is 5. The first-order chi connectivity index (χ1) is 14.1. The van der Waals surface area contributed by atoms with Gasteiger partial charge in [-0.2, -0.15) is 0 Å². The maximum atomic E-state index is 12.8. The molecular weight excluding hydrogens is 368 g/mol. The number of likely N-dealkylation sites (tertiary alicyclic amines) is 1. The van der Waals surface area contributed by atoms with Crippen molar-refractivity contribution < 1.29 is 19.4 Å². The second kappa shape index (κ2) is 8.66. The Labute approximate surface area is 170 Å². The van der Waals surface area contributed by atoms with Crippen molar-refractivity contribution in [2.75, 3.05) is 31.6 Å².